The molecule has 1 aliphatic heterocycles. The van der Waals surface area contributed by atoms with Crippen LogP contribution in [0.25, 0.3) is 0 Å². The lowest BCUT2D eigenvalue weighted by Gasteiger charge is -2.23. The van der Waals surface area contributed by atoms with Gasteiger partial charge >= 0.3 is 12.6 Å². The van der Waals surface area contributed by atoms with Crippen LogP contribution in [-0.4, -0.2) is 42.6 Å². The van der Waals surface area contributed by atoms with Crippen LogP contribution in [0.15, 0.2) is 54.6 Å². The molecule has 0 aliphatic carbocycles. The Kier molecular flexibility index (Phi) is 6.20. The summed E-state index contributed by atoms with van der Waals surface area (Å²) in [5.74, 6) is -0.197. The summed E-state index contributed by atoms with van der Waals surface area (Å²) >= 11 is 0. The Morgan fingerprint density at radius 3 is 2.32 bits per heavy atom. The maximum Gasteiger partial charge on any atom is 0.387 e. The second-order valence-corrected chi connectivity index (χ2v) is 6.54. The molecule has 1 saturated heterocycles. The fourth-order valence-electron chi connectivity index (χ4n) is 3.23. The van der Waals surface area contributed by atoms with Crippen molar-refractivity contribution < 1.29 is 28.4 Å². The van der Waals surface area contributed by atoms with E-state index in [1.54, 1.807) is 19.1 Å². The van der Waals surface area contributed by atoms with E-state index in [1.807, 2.05) is 35.6 Å². The minimum atomic E-state index is -2.88. The maximum absolute atomic E-state index is 12.7. The molecule has 0 radical (unpaired) electrons. The largest absolute Gasteiger partial charge is 0.435 e. The summed E-state index contributed by atoms with van der Waals surface area (Å²) in [6, 6.07) is 14.8. The van der Waals surface area contributed by atoms with Gasteiger partial charge < -0.3 is 15.4 Å². The van der Waals surface area contributed by atoms with E-state index in [2.05, 4.69) is 10.1 Å². The van der Waals surface area contributed by atoms with Crippen LogP contribution in [0.2, 0.25) is 0 Å². The number of nitrogens with zero attached hydrogens (tertiary/aromatic N) is 1. The average molecular weight is 390 g/mol. The summed E-state index contributed by atoms with van der Waals surface area (Å²) in [6.07, 6.45) is 0. The van der Waals surface area contributed by atoms with Crippen LogP contribution in [0, 0.1) is 0 Å². The molecule has 0 aromatic heterocycles. The lowest BCUT2D eigenvalue weighted by Crippen LogP contribution is -2.92. The molecule has 1 fully saturated rings. The van der Waals surface area contributed by atoms with E-state index in [1.165, 1.54) is 17.0 Å². The number of urea groups is 1. The summed E-state index contributed by atoms with van der Waals surface area (Å²) in [5.41, 5.74) is 1.79. The number of hydrogen-bond acceptors (Lipinski definition) is 3. The zero-order chi connectivity index (χ0) is 20.1. The molecule has 3 N–H and O–H groups in total. The minimum Gasteiger partial charge on any atom is -0.435 e. The van der Waals surface area contributed by atoms with Crippen LogP contribution in [0.5, 0.6) is 5.75 Å². The third kappa shape index (κ3) is 4.64. The molecule has 148 valence electrons. The Bertz CT molecular complexity index is 815. The van der Waals surface area contributed by atoms with Crippen LogP contribution < -0.4 is 15.4 Å². The molecule has 6 nitrogen and oxygen atoms in total. The fraction of sp³-hybridized carbons (Fsp3) is 0.300. The van der Waals surface area contributed by atoms with Crippen molar-refractivity contribution >= 4 is 11.9 Å². The molecule has 2 atom stereocenters. The number of ether oxygens (including phenoxy) is 1. The quantitative estimate of drug-likeness (QED) is 0.758. The van der Waals surface area contributed by atoms with Crippen molar-refractivity contribution in [3.8, 4) is 5.75 Å². The molecule has 28 heavy (non-hydrogen) atoms. The maximum atomic E-state index is 12.7. The summed E-state index contributed by atoms with van der Waals surface area (Å²) in [7, 11) is 0. The third-order valence-corrected chi connectivity index (χ3v) is 4.62. The third-order valence-electron chi connectivity index (χ3n) is 4.62. The number of amides is 3. The number of halogens is 2. The number of nitrogens with one attached hydrogen (secondary N) is 1. The average Bonchev–Trinajstić information content (AvgIpc) is 3.12. The van der Waals surface area contributed by atoms with Crippen molar-refractivity contribution in [2.75, 3.05) is 13.1 Å². The first-order chi connectivity index (χ1) is 13.5. The zero-order valence-electron chi connectivity index (χ0n) is 15.3. The van der Waals surface area contributed by atoms with Crippen LogP contribution >= 0.6 is 0 Å². The van der Waals surface area contributed by atoms with Gasteiger partial charge in [-0.3, -0.25) is 9.69 Å². The molecule has 0 saturated carbocycles. The van der Waals surface area contributed by atoms with Crippen LogP contribution in [-0.2, 0) is 4.79 Å². The lowest BCUT2D eigenvalue weighted by molar-refractivity contribution is -0.705. The molecule has 0 unspecified atom stereocenters. The molecule has 8 heteroatoms. The topological polar surface area (TPSA) is 75.2 Å². The Morgan fingerprint density at radius 1 is 1.11 bits per heavy atom. The van der Waals surface area contributed by atoms with Gasteiger partial charge in [0.15, 0.2) is 6.04 Å². The zero-order valence-corrected chi connectivity index (χ0v) is 15.3. The smallest absolute Gasteiger partial charge is 0.387 e. The molecular formula is C20H22F2N3O3+. The first kappa shape index (κ1) is 19.8. The van der Waals surface area contributed by atoms with E-state index in [0.29, 0.717) is 13.1 Å². The van der Waals surface area contributed by atoms with Crippen molar-refractivity contribution in [3.05, 3.63) is 65.7 Å². The van der Waals surface area contributed by atoms with Crippen molar-refractivity contribution in [1.82, 2.24) is 10.2 Å². The van der Waals surface area contributed by atoms with E-state index in [0.717, 1.165) is 11.1 Å². The molecule has 3 rings (SSSR count). The van der Waals surface area contributed by atoms with Gasteiger partial charge in [0.25, 0.3) is 5.91 Å². The van der Waals surface area contributed by atoms with Gasteiger partial charge in [-0.15, -0.1) is 0 Å². The fourth-order valence-corrected chi connectivity index (χ4v) is 3.23. The number of imide groups is 1. The van der Waals surface area contributed by atoms with Crippen molar-refractivity contribution in [1.29, 1.82) is 0 Å². The number of alkyl halides is 2. The Hall–Kier alpha value is -3.00. The Labute approximate surface area is 161 Å². The van der Waals surface area contributed by atoms with Crippen molar-refractivity contribution in [2.24, 2.45) is 0 Å². The highest BCUT2D eigenvalue weighted by atomic mass is 19.3. The number of benzene rings is 2. The minimum absolute atomic E-state index is 0.0726. The van der Waals surface area contributed by atoms with E-state index in [9.17, 15) is 18.4 Å². The van der Waals surface area contributed by atoms with Gasteiger partial charge in [0.1, 0.15) is 11.8 Å². The van der Waals surface area contributed by atoms with Crippen molar-refractivity contribution in [2.45, 2.75) is 25.6 Å². The summed E-state index contributed by atoms with van der Waals surface area (Å²) in [6.45, 7) is -0.333. The van der Waals surface area contributed by atoms with E-state index < -0.39 is 12.7 Å². The lowest BCUT2D eigenvalue weighted by atomic mass is 9.97. The van der Waals surface area contributed by atoms with Crippen LogP contribution in [0.1, 0.15) is 24.1 Å². The predicted octanol–water partition coefficient (Wildman–Crippen LogP) is 1.88. The van der Waals surface area contributed by atoms with Gasteiger partial charge in [-0.1, -0.05) is 30.3 Å². The van der Waals surface area contributed by atoms with Gasteiger partial charge in [-0.2, -0.15) is 8.78 Å². The SMILES string of the molecule is C[C@H]([NH2+][C@@H](c1ccccc1)c1ccc(OC(F)F)cc1)C(=O)N1CCNC1=O. The van der Waals surface area contributed by atoms with Crippen LogP contribution in [0.4, 0.5) is 13.6 Å². The molecule has 1 aliphatic rings. The summed E-state index contributed by atoms with van der Waals surface area (Å²) in [5, 5.41) is 4.49. The number of hydrogen-bond donors (Lipinski definition) is 2. The first-order valence-electron chi connectivity index (χ1n) is 8.99. The molecule has 0 bridgehead atoms. The number of nitrogens with two attached hydrogens (primary N) is 1. The molecule has 2 aromatic carbocycles. The number of carbonyl (C=O) groups is 2. The number of rotatable bonds is 7. The monoisotopic (exact) mass is 390 g/mol. The highest BCUT2D eigenvalue weighted by Gasteiger charge is 2.33. The highest BCUT2D eigenvalue weighted by molar-refractivity contribution is 5.97. The van der Waals surface area contributed by atoms with E-state index in [4.69, 9.17) is 0 Å². The molecule has 1 heterocycles. The number of carbonyl (C=O) groups excluding carboxylic acids is 2. The summed E-state index contributed by atoms with van der Waals surface area (Å²) < 4.78 is 29.2. The normalized spacial score (nSPS) is 16.0. The van der Waals surface area contributed by atoms with Gasteiger partial charge in [0.2, 0.25) is 0 Å². The second kappa shape index (κ2) is 8.79. The van der Waals surface area contributed by atoms with Crippen LogP contribution in [0.3, 0.4) is 0 Å². The molecular weight excluding hydrogens is 368 g/mol. The molecule has 3 amide bonds. The Balaban J connectivity index is 1.81. The van der Waals surface area contributed by atoms with Gasteiger partial charge in [0.05, 0.1) is 0 Å². The molecule has 2 aromatic rings. The standard InChI is InChI=1S/C20H21F2N3O3/c1-13(18(26)25-12-11-23-20(25)27)24-17(14-5-3-2-4-6-14)15-7-9-16(10-8-15)28-19(21)22/h2-10,13,17,19,24H,11-12H2,1H3,(H,23,27)/p+1/t13-,17-/m0/s1. The highest BCUT2D eigenvalue weighted by Crippen LogP contribution is 2.22. The van der Waals surface area contributed by atoms with Gasteiger partial charge in [0, 0.05) is 24.2 Å². The predicted molar refractivity (Wildman–Crippen MR) is 97.9 cm³/mol. The van der Waals surface area contributed by atoms with Crippen molar-refractivity contribution in [3.63, 3.8) is 0 Å². The van der Waals surface area contributed by atoms with E-state index >= 15 is 0 Å². The molecule has 0 spiro atoms. The second-order valence-electron chi connectivity index (χ2n) is 6.54. The Morgan fingerprint density at radius 2 is 1.75 bits per heavy atom. The van der Waals surface area contributed by atoms with Gasteiger partial charge in [-0.25, -0.2) is 4.79 Å². The first-order valence-corrected chi connectivity index (χ1v) is 8.99. The number of quaternary nitrogens is 1. The van der Waals surface area contributed by atoms with E-state index in [-0.39, 0.29) is 23.7 Å². The van der Waals surface area contributed by atoms with Gasteiger partial charge in [-0.05, 0) is 31.2 Å². The summed E-state index contributed by atoms with van der Waals surface area (Å²) in [4.78, 5) is 25.6.